The predicted molar refractivity (Wildman–Crippen MR) is 349 cm³/mol. The second kappa shape index (κ2) is 19.8. The molecule has 80 heavy (non-hydrogen) atoms. The Balaban J connectivity index is 1.33. The minimum absolute atomic E-state index is 0.591. The maximum Gasteiger partial charge on any atom is 0.165 e. The van der Waals surface area contributed by atoms with E-state index in [0.717, 1.165) is 89.1 Å². The molecule has 13 heterocycles. The average Bonchev–Trinajstić information content (AvgIpc) is 4.28. The highest BCUT2D eigenvalue weighted by Crippen LogP contribution is 2.51. The van der Waals surface area contributed by atoms with Gasteiger partial charge in [0.25, 0.3) is 0 Å². The molecule has 0 aromatic carbocycles. The molecule has 11 aromatic heterocycles. The molecule has 0 atom stereocenters. The second-order valence-electron chi connectivity index (χ2n) is 21.2. The van der Waals surface area contributed by atoms with Crippen molar-refractivity contribution < 1.29 is 0 Å². The number of rotatable bonds is 8. The van der Waals surface area contributed by atoms with Crippen molar-refractivity contribution in [3.8, 4) is 44.5 Å². The number of fused-ring (bicyclic) bond motifs is 8. The van der Waals surface area contributed by atoms with Crippen LogP contribution in [0.2, 0.25) is 0 Å². The lowest BCUT2D eigenvalue weighted by Crippen LogP contribution is -1.94. The minimum Gasteiger partial charge on any atom is -0.324 e. The van der Waals surface area contributed by atoms with Crippen molar-refractivity contribution in [3.63, 3.8) is 0 Å². The van der Waals surface area contributed by atoms with E-state index in [1.165, 1.54) is 78.0 Å². The molecule has 0 fully saturated rings. The number of nitrogens with one attached hydrogen (secondary N) is 2. The topological polar surface area (TPSA) is 109 Å². The van der Waals surface area contributed by atoms with Crippen LogP contribution in [-0.2, 0) is 0 Å². The van der Waals surface area contributed by atoms with Gasteiger partial charge in [-0.05, 0) is 159 Å². The van der Waals surface area contributed by atoms with Crippen molar-refractivity contribution in [2.75, 3.05) is 0 Å². The Morgan fingerprint density at radius 1 is 0.225 bits per heavy atom. The van der Waals surface area contributed by atoms with Crippen molar-refractivity contribution in [1.82, 2.24) is 39.9 Å². The Morgan fingerprint density at radius 2 is 0.388 bits per heavy atom. The summed E-state index contributed by atoms with van der Waals surface area (Å²) in [5, 5.41) is 0. The second-order valence-corrected chi connectivity index (χ2v) is 32.9. The number of aromatic amines is 2. The van der Waals surface area contributed by atoms with E-state index >= 15 is 0 Å². The maximum absolute atomic E-state index is 5.91. The van der Waals surface area contributed by atoms with Gasteiger partial charge >= 0.3 is 0 Å². The van der Waals surface area contributed by atoms with Gasteiger partial charge in [-0.1, -0.05) is 0 Å². The first-order valence-electron chi connectivity index (χ1n) is 26.6. The molecule has 0 spiro atoms. The highest BCUT2D eigenvalue weighted by molar-refractivity contribution is 7.14. The zero-order valence-electron chi connectivity index (χ0n) is 47.6. The van der Waals surface area contributed by atoms with Crippen LogP contribution in [0, 0.1) is 111 Å². The monoisotopic (exact) mass is 1190 g/mol. The normalized spacial score (nSPS) is 12.9. The number of thiophene rings is 8. The Bertz CT molecular complexity index is 4100. The molecule has 8 bridgehead atoms. The van der Waals surface area contributed by atoms with Crippen LogP contribution in [0.4, 0.5) is 0 Å². The molecule has 402 valence electrons. The van der Waals surface area contributed by atoms with Gasteiger partial charge in [-0.2, -0.15) is 0 Å². The van der Waals surface area contributed by atoms with Crippen LogP contribution in [-0.4, -0.2) is 39.9 Å². The molecular formula is C64H58N8S8. The van der Waals surface area contributed by atoms with Gasteiger partial charge in [0.2, 0.25) is 0 Å². The predicted octanol–water partition coefficient (Wildman–Crippen LogP) is 20.0. The first-order valence-corrected chi connectivity index (χ1v) is 33.1. The summed E-state index contributed by atoms with van der Waals surface area (Å²) in [5.41, 5.74) is 19.4. The molecule has 0 saturated carbocycles. The van der Waals surface area contributed by atoms with Crippen LogP contribution >= 0.6 is 90.7 Å². The molecule has 13 rings (SSSR count). The Hall–Kier alpha value is -6.08. The van der Waals surface area contributed by atoms with E-state index in [1.54, 1.807) is 90.7 Å². The van der Waals surface area contributed by atoms with Gasteiger partial charge in [0, 0.05) is 167 Å². The molecule has 0 radical (unpaired) electrons. The van der Waals surface area contributed by atoms with E-state index in [2.05, 4.69) is 169 Å². The summed E-state index contributed by atoms with van der Waals surface area (Å²) in [6.45, 7) is 35.3. The third-order valence-corrected chi connectivity index (χ3v) is 22.8. The third-order valence-electron chi connectivity index (χ3n) is 15.1. The van der Waals surface area contributed by atoms with E-state index < -0.39 is 0 Å². The molecular weight excluding hydrogens is 1140 g/mol. The van der Waals surface area contributed by atoms with Gasteiger partial charge < -0.3 is 9.97 Å². The van der Waals surface area contributed by atoms with Crippen LogP contribution in [0.5, 0.6) is 0 Å². The molecule has 11 aromatic rings. The van der Waals surface area contributed by atoms with E-state index in [9.17, 15) is 0 Å². The zero-order valence-corrected chi connectivity index (χ0v) is 54.1. The highest BCUT2D eigenvalue weighted by Gasteiger charge is 2.34. The average molecular weight is 1200 g/mol. The Kier molecular flexibility index (Phi) is 13.2. The van der Waals surface area contributed by atoms with Gasteiger partial charge in [0.1, 0.15) is 22.6 Å². The molecule has 0 unspecified atom stereocenters. The lowest BCUT2D eigenvalue weighted by molar-refractivity contribution is 1.10. The first-order chi connectivity index (χ1) is 38.2. The summed E-state index contributed by atoms with van der Waals surface area (Å²) in [7, 11) is 0. The van der Waals surface area contributed by atoms with Gasteiger partial charge in [-0.15, -0.1) is 90.7 Å². The summed E-state index contributed by atoms with van der Waals surface area (Å²) in [6, 6.07) is 18.5. The number of aryl methyl sites for hydroxylation is 16. The number of nitrogens with zero attached hydrogens (tertiary/aromatic N) is 6. The van der Waals surface area contributed by atoms with Crippen LogP contribution < -0.4 is 0 Å². The molecule has 16 heteroatoms. The summed E-state index contributed by atoms with van der Waals surface area (Å²) >= 11 is 14.4. The number of aromatic nitrogens is 8. The van der Waals surface area contributed by atoms with Gasteiger partial charge in [-0.25, -0.2) is 29.9 Å². The molecule has 8 nitrogen and oxygen atoms in total. The van der Waals surface area contributed by atoms with Crippen LogP contribution in [0.3, 0.4) is 0 Å². The summed E-state index contributed by atoms with van der Waals surface area (Å²) < 4.78 is 0. The minimum atomic E-state index is 0.591. The lowest BCUT2D eigenvalue weighted by atomic mass is 9.95. The molecule has 2 aliphatic rings. The molecule has 0 aliphatic carbocycles. The molecule has 0 amide bonds. The van der Waals surface area contributed by atoms with E-state index in [0.29, 0.717) is 45.9 Å². The van der Waals surface area contributed by atoms with Crippen LogP contribution in [0.15, 0.2) is 48.5 Å². The number of hydrogen-bond acceptors (Lipinski definition) is 14. The molecule has 2 N–H and O–H groups in total. The fourth-order valence-electron chi connectivity index (χ4n) is 12.0. The number of hydrogen-bond donors (Lipinski definition) is 2. The first kappa shape index (κ1) is 53.2. The van der Waals surface area contributed by atoms with Crippen molar-refractivity contribution >= 4 is 136 Å². The summed E-state index contributed by atoms with van der Waals surface area (Å²) in [4.78, 5) is 62.4. The van der Waals surface area contributed by atoms with Crippen LogP contribution in [0.1, 0.15) is 124 Å². The van der Waals surface area contributed by atoms with E-state index in [4.69, 9.17) is 29.9 Å². The summed E-state index contributed by atoms with van der Waals surface area (Å²) in [6.07, 6.45) is 0. The summed E-state index contributed by atoms with van der Waals surface area (Å²) in [5.74, 6) is 2.36. The number of H-pyrrole nitrogens is 2. The fourth-order valence-corrected chi connectivity index (χ4v) is 19.4. The smallest absolute Gasteiger partial charge is 0.165 e. The van der Waals surface area contributed by atoms with E-state index in [-0.39, 0.29) is 0 Å². The quantitative estimate of drug-likeness (QED) is 0.157. The largest absolute Gasteiger partial charge is 0.324 e. The highest BCUT2D eigenvalue weighted by atomic mass is 32.1. The third kappa shape index (κ3) is 8.87. The van der Waals surface area contributed by atoms with Gasteiger partial charge in [0.15, 0.2) is 23.3 Å². The standard InChI is InChI=1S/C64H58N8S8/c1-25-17-41(33(9)73-25)49-50(42-18-26(2)74-34(42)10)58-65-57(49)69-59-51(43-19-27(3)75-35(43)11)52(44-20-28(4)76-36(44)12)61(66-59)71-63-55(47-23-31(7)79-39(47)15)56(48-24-32(8)80-40(48)16)64(68-63)72-62-54(46-22-30(6)78-38(46)14)53(60(67-62)70-58)45-21-29(5)77-37(45)13/h17-24H,1-16H3,(H2,65,66,67,68,69,70,71,72). The van der Waals surface area contributed by atoms with E-state index in [1.807, 2.05) is 0 Å². The fraction of sp³-hybridized carbons (Fsp3) is 0.250. The SMILES string of the molecule is Cc1cc(C2=C(c3cc(C)sc3C)c3nc2nc2[nH]c(nc4nc(nc5[nH]c(n3)c(-c3cc(C)sc3C)c5-c3cc(C)sc3C)C(c3cc(C)sc3C)=C4c3cc(C)sc3C)c(-c3cc(C)sc3C)c2-c2cc(C)sc2C)c(C)s1. The van der Waals surface area contributed by atoms with Gasteiger partial charge in [0.05, 0.1) is 0 Å². The van der Waals surface area contributed by atoms with Crippen molar-refractivity contribution in [1.29, 1.82) is 0 Å². The van der Waals surface area contributed by atoms with Crippen molar-refractivity contribution in [3.05, 3.63) is 172 Å². The molecule has 0 saturated heterocycles. The Labute approximate surface area is 498 Å². The van der Waals surface area contributed by atoms with Gasteiger partial charge in [-0.3, -0.25) is 0 Å². The Morgan fingerprint density at radius 3 is 0.537 bits per heavy atom. The maximum atomic E-state index is 5.91. The molecule has 2 aliphatic heterocycles. The van der Waals surface area contributed by atoms with Crippen molar-refractivity contribution in [2.24, 2.45) is 0 Å². The lowest BCUT2D eigenvalue weighted by Gasteiger charge is -2.09. The van der Waals surface area contributed by atoms with Crippen LogP contribution in [0.25, 0.3) is 89.4 Å². The van der Waals surface area contributed by atoms with Crippen molar-refractivity contribution in [2.45, 2.75) is 111 Å². The zero-order chi connectivity index (χ0) is 56.1.